The Labute approximate surface area is 232 Å². The Balaban J connectivity index is 3.60. The molecule has 3 amide bonds. The number of carbonyl (C=O) groups excluding carboxylic acids is 4. The predicted molar refractivity (Wildman–Crippen MR) is 149 cm³/mol. The molecule has 0 bridgehead atoms. The van der Waals surface area contributed by atoms with Gasteiger partial charge in [-0.05, 0) is 66.9 Å². The second-order valence-corrected chi connectivity index (χ2v) is 11.6. The van der Waals surface area contributed by atoms with Crippen LogP contribution in [0.2, 0.25) is 0 Å². The molecule has 10 nitrogen and oxygen atoms in total. The highest BCUT2D eigenvalue weighted by Crippen LogP contribution is 2.36. The van der Waals surface area contributed by atoms with Crippen molar-refractivity contribution in [2.75, 3.05) is 13.2 Å². The summed E-state index contributed by atoms with van der Waals surface area (Å²) in [6.07, 6.45) is -0.231. The van der Waals surface area contributed by atoms with Gasteiger partial charge in [0.05, 0.1) is 13.0 Å². The Bertz CT molecular complexity index is 1010. The average molecular weight is 550 g/mol. The van der Waals surface area contributed by atoms with E-state index in [0.717, 1.165) is 0 Å². The van der Waals surface area contributed by atoms with Gasteiger partial charge in [-0.15, -0.1) is 0 Å². The van der Waals surface area contributed by atoms with Crippen molar-refractivity contribution in [3.63, 3.8) is 0 Å². The first-order valence-corrected chi connectivity index (χ1v) is 13.5. The van der Waals surface area contributed by atoms with Crippen molar-refractivity contribution in [2.24, 2.45) is 5.92 Å². The Morgan fingerprint density at radius 3 is 2.18 bits per heavy atom. The summed E-state index contributed by atoms with van der Waals surface area (Å²) in [6.45, 7) is 17.8. The van der Waals surface area contributed by atoms with Gasteiger partial charge in [0.2, 0.25) is 11.8 Å². The minimum Gasteiger partial charge on any atom is -0.507 e. The molecule has 0 radical (unpaired) electrons. The number of hydrogen-bond acceptors (Lipinski definition) is 7. The summed E-state index contributed by atoms with van der Waals surface area (Å²) >= 11 is 0. The van der Waals surface area contributed by atoms with E-state index in [0.29, 0.717) is 12.0 Å². The van der Waals surface area contributed by atoms with Crippen LogP contribution in [0.15, 0.2) is 18.2 Å². The topological polar surface area (TPSA) is 134 Å². The number of ether oxygens (including phenoxy) is 2. The van der Waals surface area contributed by atoms with Crippen LogP contribution in [0.1, 0.15) is 92.3 Å². The molecule has 0 saturated heterocycles. The number of alkyl carbamates (subject to hydrolysis) is 1. The van der Waals surface area contributed by atoms with Gasteiger partial charge in [-0.2, -0.15) is 0 Å². The number of amides is 3. The number of nitrogens with one attached hydrogen (secondary N) is 2. The zero-order valence-electron chi connectivity index (χ0n) is 25.1. The van der Waals surface area contributed by atoms with Gasteiger partial charge < -0.3 is 30.1 Å². The molecule has 3 N–H and O–H groups in total. The maximum absolute atomic E-state index is 14.3. The van der Waals surface area contributed by atoms with Gasteiger partial charge in [0.25, 0.3) is 0 Å². The van der Waals surface area contributed by atoms with E-state index in [-0.39, 0.29) is 36.8 Å². The molecular formula is C29H47N3O7. The van der Waals surface area contributed by atoms with Crippen LogP contribution in [0.25, 0.3) is 0 Å². The van der Waals surface area contributed by atoms with Gasteiger partial charge in [-0.25, -0.2) is 4.79 Å². The molecule has 3 atom stereocenters. The Morgan fingerprint density at radius 1 is 1.05 bits per heavy atom. The SMILES string of the molecule is CCOC(=O)CCNC(=O)C(c1cccc(C)c1O)N(C(=O)C(NC(=O)OC(C)(C)C)C(C)CC)C(C)(C)C. The summed E-state index contributed by atoms with van der Waals surface area (Å²) in [5.74, 6) is -1.97. The Kier molecular flexibility index (Phi) is 12.3. The number of carbonyl (C=O) groups is 4. The van der Waals surface area contributed by atoms with E-state index < -0.39 is 47.1 Å². The number of hydrogen-bond donors (Lipinski definition) is 3. The van der Waals surface area contributed by atoms with Crippen molar-refractivity contribution in [3.8, 4) is 5.75 Å². The molecule has 1 rings (SSSR count). The standard InChI is InChI=1S/C29H47N3O7/c1-11-18(3)22(31-27(37)39-29(8,9)10)26(36)32(28(5,6)7)23(20-15-13-14-19(4)24(20)34)25(35)30-17-16-21(33)38-12-2/h13-15,18,22-23,34H,11-12,16-17H2,1-10H3,(H,30,35)(H,31,37). The largest absolute Gasteiger partial charge is 0.507 e. The second kappa shape index (κ2) is 14.2. The number of aromatic hydroxyl groups is 1. The molecule has 39 heavy (non-hydrogen) atoms. The molecule has 1 aromatic carbocycles. The maximum Gasteiger partial charge on any atom is 0.408 e. The number of rotatable bonds is 11. The van der Waals surface area contributed by atoms with Crippen LogP contribution in [-0.2, 0) is 23.9 Å². The van der Waals surface area contributed by atoms with Crippen LogP contribution in [0.3, 0.4) is 0 Å². The number of nitrogens with zero attached hydrogens (tertiary/aromatic N) is 1. The third-order valence-electron chi connectivity index (χ3n) is 6.12. The highest BCUT2D eigenvalue weighted by atomic mass is 16.6. The average Bonchev–Trinajstić information content (AvgIpc) is 2.80. The normalized spacial score (nSPS) is 14.0. The van der Waals surface area contributed by atoms with E-state index in [4.69, 9.17) is 9.47 Å². The van der Waals surface area contributed by atoms with E-state index in [1.807, 2.05) is 13.8 Å². The molecule has 220 valence electrons. The van der Waals surface area contributed by atoms with Gasteiger partial charge in [0, 0.05) is 17.6 Å². The van der Waals surface area contributed by atoms with Crippen LogP contribution in [0.4, 0.5) is 4.79 Å². The molecule has 0 aliphatic rings. The van der Waals surface area contributed by atoms with Crippen molar-refractivity contribution in [2.45, 2.75) is 105 Å². The number of phenolic OH excluding ortho intramolecular Hbond substituents is 1. The lowest BCUT2D eigenvalue weighted by atomic mass is 9.91. The zero-order valence-corrected chi connectivity index (χ0v) is 25.1. The summed E-state index contributed by atoms with van der Waals surface area (Å²) in [7, 11) is 0. The molecule has 10 heteroatoms. The summed E-state index contributed by atoms with van der Waals surface area (Å²) in [5, 5.41) is 16.4. The van der Waals surface area contributed by atoms with Crippen molar-refractivity contribution in [1.82, 2.24) is 15.5 Å². The van der Waals surface area contributed by atoms with Crippen LogP contribution in [-0.4, -0.2) is 64.2 Å². The highest BCUT2D eigenvalue weighted by Gasteiger charge is 2.44. The fraction of sp³-hybridized carbons (Fsp3) is 0.655. The zero-order chi connectivity index (χ0) is 30.1. The molecule has 0 heterocycles. The Morgan fingerprint density at radius 2 is 1.67 bits per heavy atom. The highest BCUT2D eigenvalue weighted by molar-refractivity contribution is 5.93. The Hall–Kier alpha value is -3.30. The summed E-state index contributed by atoms with van der Waals surface area (Å²) in [4.78, 5) is 54.0. The number of para-hydroxylation sites is 1. The quantitative estimate of drug-likeness (QED) is 0.349. The first-order valence-electron chi connectivity index (χ1n) is 13.5. The lowest BCUT2D eigenvalue weighted by Crippen LogP contribution is -2.60. The fourth-order valence-corrected chi connectivity index (χ4v) is 4.03. The van der Waals surface area contributed by atoms with E-state index in [1.165, 1.54) is 4.90 Å². The smallest absolute Gasteiger partial charge is 0.408 e. The molecule has 0 saturated carbocycles. The molecule has 1 aromatic rings. The molecule has 3 unspecified atom stereocenters. The van der Waals surface area contributed by atoms with Gasteiger partial charge in [0.15, 0.2) is 0 Å². The van der Waals surface area contributed by atoms with Crippen LogP contribution in [0, 0.1) is 12.8 Å². The number of phenols is 1. The first kappa shape index (κ1) is 33.7. The third-order valence-corrected chi connectivity index (χ3v) is 6.12. The maximum atomic E-state index is 14.3. The van der Waals surface area contributed by atoms with Crippen LogP contribution < -0.4 is 10.6 Å². The van der Waals surface area contributed by atoms with Crippen LogP contribution >= 0.6 is 0 Å². The molecule has 0 aliphatic carbocycles. The van der Waals surface area contributed by atoms with Gasteiger partial charge in [0.1, 0.15) is 23.4 Å². The second-order valence-electron chi connectivity index (χ2n) is 11.6. The van der Waals surface area contributed by atoms with E-state index >= 15 is 0 Å². The van der Waals surface area contributed by atoms with E-state index in [9.17, 15) is 24.3 Å². The molecular weight excluding hydrogens is 502 g/mol. The predicted octanol–water partition coefficient (Wildman–Crippen LogP) is 4.38. The summed E-state index contributed by atoms with van der Waals surface area (Å²) in [5.41, 5.74) is -0.931. The van der Waals surface area contributed by atoms with E-state index in [2.05, 4.69) is 10.6 Å². The van der Waals surface area contributed by atoms with Crippen molar-refractivity contribution in [1.29, 1.82) is 0 Å². The first-order chi connectivity index (χ1) is 17.9. The lowest BCUT2D eigenvalue weighted by molar-refractivity contribution is -0.150. The van der Waals surface area contributed by atoms with Gasteiger partial charge in [-0.3, -0.25) is 14.4 Å². The van der Waals surface area contributed by atoms with Gasteiger partial charge in [-0.1, -0.05) is 38.5 Å². The molecule has 0 aliphatic heterocycles. The number of aryl methyl sites for hydroxylation is 1. The third kappa shape index (κ3) is 10.1. The number of benzene rings is 1. The summed E-state index contributed by atoms with van der Waals surface area (Å²) in [6, 6.07) is 2.71. The summed E-state index contributed by atoms with van der Waals surface area (Å²) < 4.78 is 10.4. The van der Waals surface area contributed by atoms with E-state index in [1.54, 1.807) is 73.6 Å². The minimum atomic E-state index is -1.26. The fourth-order valence-electron chi connectivity index (χ4n) is 4.03. The molecule has 0 aromatic heterocycles. The molecule has 0 spiro atoms. The van der Waals surface area contributed by atoms with Crippen LogP contribution in [0.5, 0.6) is 5.75 Å². The van der Waals surface area contributed by atoms with Crippen molar-refractivity contribution >= 4 is 23.9 Å². The minimum absolute atomic E-state index is 0.0160. The van der Waals surface area contributed by atoms with Gasteiger partial charge >= 0.3 is 12.1 Å². The number of esters is 1. The molecule has 0 fully saturated rings. The van der Waals surface area contributed by atoms with Crippen molar-refractivity contribution in [3.05, 3.63) is 29.3 Å². The van der Waals surface area contributed by atoms with Crippen molar-refractivity contribution < 1.29 is 33.8 Å². The monoisotopic (exact) mass is 549 g/mol. The lowest BCUT2D eigenvalue weighted by Gasteiger charge is -2.44.